The van der Waals surface area contributed by atoms with E-state index in [9.17, 15) is 8.76 Å². The summed E-state index contributed by atoms with van der Waals surface area (Å²) in [5.41, 5.74) is 0. The Kier molecular flexibility index (Phi) is 10.2. The molecule has 0 amide bonds. The molecule has 4 heteroatoms. The molecular formula is C3H8LiO2S-. The molecule has 1 atom stereocenters. The van der Waals surface area contributed by atoms with Crippen molar-refractivity contribution in [2.45, 2.75) is 13.3 Å². The van der Waals surface area contributed by atoms with Crippen LogP contribution in [0.1, 0.15) is 14.8 Å². The standard InChI is InChI=1S/C3H8O2S.Li.H/c1-2-3-6(4)5;;/h2-3H2,1H3,(H,4,5);;/q;+1;-1/p-1. The summed E-state index contributed by atoms with van der Waals surface area (Å²) < 4.78 is 19.2. The van der Waals surface area contributed by atoms with E-state index in [0.29, 0.717) is 5.75 Å². The van der Waals surface area contributed by atoms with Crippen LogP contribution in [0.4, 0.5) is 0 Å². The van der Waals surface area contributed by atoms with E-state index in [0.717, 1.165) is 6.42 Å². The smallest absolute Gasteiger partial charge is 1.00 e. The first-order valence-corrected chi connectivity index (χ1v) is 3.07. The van der Waals surface area contributed by atoms with Crippen molar-refractivity contribution in [3.8, 4) is 0 Å². The zero-order valence-corrected chi connectivity index (χ0v) is 5.46. The Hall–Kier alpha value is 0.707. The van der Waals surface area contributed by atoms with Crippen LogP contribution in [0.2, 0.25) is 0 Å². The molecule has 0 saturated carbocycles. The molecule has 0 bridgehead atoms. The van der Waals surface area contributed by atoms with Crippen LogP contribution in [-0.2, 0) is 11.1 Å². The van der Waals surface area contributed by atoms with Crippen molar-refractivity contribution < 1.29 is 29.0 Å². The number of hydrogen-bond acceptors (Lipinski definition) is 2. The molecule has 2 nitrogen and oxygen atoms in total. The summed E-state index contributed by atoms with van der Waals surface area (Å²) in [5.74, 6) is 0.292. The predicted molar refractivity (Wildman–Crippen MR) is 25.2 cm³/mol. The maximum absolute atomic E-state index is 9.60. The zero-order valence-electron chi connectivity index (χ0n) is 5.64. The van der Waals surface area contributed by atoms with Crippen LogP contribution in [0, 0.1) is 0 Å². The van der Waals surface area contributed by atoms with Crippen LogP contribution in [0.5, 0.6) is 0 Å². The van der Waals surface area contributed by atoms with E-state index >= 15 is 0 Å². The molecule has 0 aromatic heterocycles. The van der Waals surface area contributed by atoms with Gasteiger partial charge in [0.25, 0.3) is 0 Å². The molecule has 0 radical (unpaired) electrons. The van der Waals surface area contributed by atoms with Crippen molar-refractivity contribution in [1.82, 2.24) is 0 Å². The molecule has 0 spiro atoms. The molecule has 0 aliphatic heterocycles. The average molecular weight is 115 g/mol. The molecule has 0 saturated heterocycles. The Morgan fingerprint density at radius 2 is 2.29 bits per heavy atom. The van der Waals surface area contributed by atoms with Gasteiger partial charge >= 0.3 is 18.9 Å². The monoisotopic (exact) mass is 115 g/mol. The van der Waals surface area contributed by atoms with Crippen molar-refractivity contribution in [3.63, 3.8) is 0 Å². The van der Waals surface area contributed by atoms with E-state index in [1.54, 1.807) is 0 Å². The molecule has 0 aliphatic rings. The second kappa shape index (κ2) is 6.71. The first-order valence-electron chi connectivity index (χ1n) is 1.83. The SMILES string of the molecule is CCCS(=O)[O-].[H-].[Li+]. The number of hydrogen-bond donors (Lipinski definition) is 0. The fourth-order valence-electron chi connectivity index (χ4n) is 0.167. The average Bonchev–Trinajstić information content (AvgIpc) is 1.35. The quantitative estimate of drug-likeness (QED) is 0.292. The first-order chi connectivity index (χ1) is 2.77. The molecule has 0 aromatic rings. The van der Waals surface area contributed by atoms with E-state index in [1.165, 1.54) is 0 Å². The number of rotatable bonds is 2. The first kappa shape index (κ1) is 10.6. The second-order valence-electron chi connectivity index (χ2n) is 1.01. The molecule has 0 aromatic carbocycles. The Bertz CT molecular complexity index is 61.2. The largest absolute Gasteiger partial charge is 1.00 e. The summed E-state index contributed by atoms with van der Waals surface area (Å²) in [6, 6.07) is 0. The van der Waals surface area contributed by atoms with Crippen molar-refractivity contribution in [2.75, 3.05) is 5.75 Å². The van der Waals surface area contributed by atoms with Gasteiger partial charge in [0.15, 0.2) is 0 Å². The van der Waals surface area contributed by atoms with E-state index in [4.69, 9.17) is 0 Å². The van der Waals surface area contributed by atoms with E-state index in [1.807, 2.05) is 6.92 Å². The molecule has 0 heterocycles. The van der Waals surface area contributed by atoms with E-state index < -0.39 is 11.1 Å². The van der Waals surface area contributed by atoms with E-state index in [-0.39, 0.29) is 20.3 Å². The van der Waals surface area contributed by atoms with Gasteiger partial charge in [-0.25, -0.2) is 0 Å². The topological polar surface area (TPSA) is 40.1 Å². The molecule has 0 N–H and O–H groups in total. The Balaban J connectivity index is -0.000000125. The fraction of sp³-hybridized carbons (Fsp3) is 1.00. The van der Waals surface area contributed by atoms with Crippen molar-refractivity contribution >= 4 is 11.1 Å². The molecule has 0 aliphatic carbocycles. The molecule has 1 unspecified atom stereocenters. The summed E-state index contributed by atoms with van der Waals surface area (Å²) in [4.78, 5) is 0. The van der Waals surface area contributed by atoms with Crippen LogP contribution >= 0.6 is 0 Å². The Morgan fingerprint density at radius 1 is 1.86 bits per heavy atom. The third-order valence-corrected chi connectivity index (χ3v) is 1.11. The van der Waals surface area contributed by atoms with Crippen LogP contribution in [0.3, 0.4) is 0 Å². The summed E-state index contributed by atoms with van der Waals surface area (Å²) in [6.07, 6.45) is 0.718. The molecule has 7 heavy (non-hydrogen) atoms. The molecule has 0 fully saturated rings. The summed E-state index contributed by atoms with van der Waals surface area (Å²) in [6.45, 7) is 1.83. The molecular weight excluding hydrogens is 107 g/mol. The van der Waals surface area contributed by atoms with Gasteiger partial charge in [-0.1, -0.05) is 18.0 Å². The maximum Gasteiger partial charge on any atom is 1.00 e. The predicted octanol–water partition coefficient (Wildman–Crippen LogP) is -2.61. The van der Waals surface area contributed by atoms with Gasteiger partial charge in [-0.3, -0.25) is 4.21 Å². The van der Waals surface area contributed by atoms with Gasteiger partial charge in [0.1, 0.15) is 0 Å². The Labute approximate surface area is 59.6 Å². The third kappa shape index (κ3) is 10.8. The van der Waals surface area contributed by atoms with Crippen molar-refractivity contribution in [1.29, 1.82) is 0 Å². The summed E-state index contributed by atoms with van der Waals surface area (Å²) >= 11 is -1.82. The summed E-state index contributed by atoms with van der Waals surface area (Å²) in [5, 5.41) is 0. The van der Waals surface area contributed by atoms with Crippen molar-refractivity contribution in [3.05, 3.63) is 0 Å². The normalized spacial score (nSPS) is 12.3. The minimum Gasteiger partial charge on any atom is -1.00 e. The van der Waals surface area contributed by atoms with Gasteiger partial charge in [-0.05, 0) is 6.42 Å². The van der Waals surface area contributed by atoms with Crippen LogP contribution < -0.4 is 18.9 Å². The van der Waals surface area contributed by atoms with E-state index in [2.05, 4.69) is 0 Å². The maximum atomic E-state index is 9.60. The van der Waals surface area contributed by atoms with Gasteiger partial charge < -0.3 is 5.98 Å². The van der Waals surface area contributed by atoms with Gasteiger partial charge in [-0.15, -0.1) is 0 Å². The minimum atomic E-state index is -1.82. The van der Waals surface area contributed by atoms with Crippen molar-refractivity contribution in [2.24, 2.45) is 0 Å². The molecule has 0 rings (SSSR count). The van der Waals surface area contributed by atoms with Crippen LogP contribution in [0.25, 0.3) is 0 Å². The van der Waals surface area contributed by atoms with Gasteiger partial charge in [-0.2, -0.15) is 0 Å². The zero-order chi connectivity index (χ0) is 4.99. The third-order valence-electron chi connectivity index (χ3n) is 0.371. The Morgan fingerprint density at radius 3 is 2.29 bits per heavy atom. The van der Waals surface area contributed by atoms with Gasteiger partial charge in [0, 0.05) is 5.75 Å². The fourth-order valence-corrected chi connectivity index (χ4v) is 0.500. The van der Waals surface area contributed by atoms with Crippen LogP contribution in [0.15, 0.2) is 0 Å². The molecule has 40 valence electrons. The second-order valence-corrected chi connectivity index (χ2v) is 2.02. The minimum absolute atomic E-state index is 0. The summed E-state index contributed by atoms with van der Waals surface area (Å²) in [7, 11) is 0. The van der Waals surface area contributed by atoms with Crippen LogP contribution in [-0.4, -0.2) is 14.5 Å². The van der Waals surface area contributed by atoms with Gasteiger partial charge in [0.2, 0.25) is 0 Å². The van der Waals surface area contributed by atoms with Gasteiger partial charge in [0.05, 0.1) is 0 Å².